The molecular weight excluding hydrogens is 178 g/mol. The van der Waals surface area contributed by atoms with Gasteiger partial charge < -0.3 is 10.0 Å². The number of rotatable bonds is 5. The zero-order valence-corrected chi connectivity index (χ0v) is 8.82. The highest BCUT2D eigenvalue weighted by molar-refractivity contribution is 6.15. The molecule has 74 valence electrons. The molecule has 0 aliphatic rings. The van der Waals surface area contributed by atoms with E-state index in [-0.39, 0.29) is 0 Å². The molecule has 0 rings (SSSR count). The fourth-order valence-corrected chi connectivity index (χ4v) is 0.755. The van der Waals surface area contributed by atoms with Gasteiger partial charge in [-0.2, -0.15) is 0 Å². The summed E-state index contributed by atoms with van der Waals surface area (Å²) in [5.74, 6) is -0.686. The second-order valence-electron chi connectivity index (χ2n) is 2.81. The molecule has 0 aromatic carbocycles. The van der Waals surface area contributed by atoms with Gasteiger partial charge >= 0.3 is 5.97 Å². The van der Waals surface area contributed by atoms with Gasteiger partial charge in [0, 0.05) is 12.8 Å². The van der Waals surface area contributed by atoms with Crippen molar-refractivity contribution >= 4 is 17.6 Å². The molecule has 0 saturated heterocycles. The van der Waals surface area contributed by atoms with Gasteiger partial charge in [-0.15, -0.1) is 11.6 Å². The zero-order valence-electron chi connectivity index (χ0n) is 8.06. The lowest BCUT2D eigenvalue weighted by atomic mass is 10.2. The Labute approximate surface area is 79.3 Å². The van der Waals surface area contributed by atoms with Gasteiger partial charge in [-0.3, -0.25) is 4.79 Å². The topological polar surface area (TPSA) is 41.7 Å². The summed E-state index contributed by atoms with van der Waals surface area (Å²) >= 11 is 4.64. The average Bonchev–Trinajstić information content (AvgIpc) is 2.02. The number of nitrogens with one attached hydrogen (secondary N) is 1. The number of carbonyl (C=O) groups is 1. The van der Waals surface area contributed by atoms with Crippen LogP contribution in [0.4, 0.5) is 0 Å². The van der Waals surface area contributed by atoms with E-state index in [9.17, 15) is 4.79 Å². The van der Waals surface area contributed by atoms with Gasteiger partial charge in [0.2, 0.25) is 0 Å². The molecule has 0 fully saturated rings. The molecule has 0 unspecified atom stereocenters. The lowest BCUT2D eigenvalue weighted by Gasteiger charge is -2.04. The van der Waals surface area contributed by atoms with Crippen LogP contribution in [-0.2, 0) is 4.79 Å². The maximum Gasteiger partial charge on any atom is 0.303 e. The Morgan fingerprint density at radius 3 is 2.17 bits per heavy atom. The second kappa shape index (κ2) is 10.7. The Balaban J connectivity index is 0. The first kappa shape index (κ1) is 14.3. The molecule has 4 heteroatoms. The van der Waals surface area contributed by atoms with Crippen LogP contribution < -0.4 is 4.90 Å². The van der Waals surface area contributed by atoms with Gasteiger partial charge in [-0.05, 0) is 12.8 Å². The summed E-state index contributed by atoms with van der Waals surface area (Å²) in [5.41, 5.74) is 0. The Morgan fingerprint density at radius 1 is 1.33 bits per heavy atom. The summed E-state index contributed by atoms with van der Waals surface area (Å²) < 4.78 is 0. The fraction of sp³-hybridized carbons (Fsp3) is 0.875. The van der Waals surface area contributed by atoms with Crippen molar-refractivity contribution in [1.29, 1.82) is 0 Å². The summed E-state index contributed by atoms with van der Waals surface area (Å²) in [6.07, 6.45) is 3.60. The van der Waals surface area contributed by atoms with E-state index in [1.54, 1.807) is 0 Å². The van der Waals surface area contributed by atoms with Crippen LogP contribution in [0, 0.1) is 0 Å². The van der Waals surface area contributed by atoms with Crippen LogP contribution >= 0.6 is 11.6 Å². The first-order valence-electron chi connectivity index (χ1n) is 4.01. The number of quaternary nitrogens is 1. The molecule has 0 bridgehead atoms. The normalized spacial score (nSPS) is 9.08. The van der Waals surface area contributed by atoms with E-state index in [4.69, 9.17) is 5.11 Å². The van der Waals surface area contributed by atoms with Crippen LogP contribution in [0.2, 0.25) is 0 Å². The SMILES string of the molecule is CCl.C[NH+](C)CCCCC(=O)O. The Hall–Kier alpha value is -0.280. The highest BCUT2D eigenvalue weighted by atomic mass is 35.5. The van der Waals surface area contributed by atoms with E-state index < -0.39 is 5.97 Å². The molecule has 0 aromatic heterocycles. The van der Waals surface area contributed by atoms with Crippen molar-refractivity contribution in [2.45, 2.75) is 19.3 Å². The summed E-state index contributed by atoms with van der Waals surface area (Å²) in [5, 5.41) is 8.27. The number of hydrogen-bond donors (Lipinski definition) is 2. The fourth-order valence-electron chi connectivity index (χ4n) is 0.755. The zero-order chi connectivity index (χ0) is 9.98. The molecule has 12 heavy (non-hydrogen) atoms. The number of carboxylic acid groups (broad SMARTS) is 1. The first-order chi connectivity index (χ1) is 5.63. The minimum absolute atomic E-state index is 0.313. The van der Waals surface area contributed by atoms with Crippen molar-refractivity contribution in [2.24, 2.45) is 0 Å². The molecule has 0 atom stereocenters. The molecule has 0 heterocycles. The van der Waals surface area contributed by atoms with Crippen molar-refractivity contribution in [1.82, 2.24) is 0 Å². The number of halogens is 1. The van der Waals surface area contributed by atoms with E-state index in [1.165, 1.54) is 11.3 Å². The minimum atomic E-state index is -0.686. The van der Waals surface area contributed by atoms with Crippen LogP contribution in [0.1, 0.15) is 19.3 Å². The molecule has 0 amide bonds. The number of hydrogen-bond acceptors (Lipinski definition) is 1. The molecule has 2 N–H and O–H groups in total. The minimum Gasteiger partial charge on any atom is -0.481 e. The van der Waals surface area contributed by atoms with Crippen LogP contribution in [0.5, 0.6) is 0 Å². The summed E-state index contributed by atoms with van der Waals surface area (Å²) in [7, 11) is 4.14. The smallest absolute Gasteiger partial charge is 0.303 e. The predicted molar refractivity (Wildman–Crippen MR) is 50.9 cm³/mol. The van der Waals surface area contributed by atoms with E-state index in [0.717, 1.165) is 19.4 Å². The van der Waals surface area contributed by atoms with E-state index in [1.807, 2.05) is 0 Å². The first-order valence-corrected chi connectivity index (χ1v) is 4.77. The monoisotopic (exact) mass is 196 g/mol. The van der Waals surface area contributed by atoms with Gasteiger partial charge in [0.05, 0.1) is 20.6 Å². The molecule has 0 aliphatic carbocycles. The Morgan fingerprint density at radius 2 is 1.83 bits per heavy atom. The highest BCUT2D eigenvalue weighted by Crippen LogP contribution is 1.91. The average molecular weight is 197 g/mol. The molecule has 0 aliphatic heterocycles. The second-order valence-corrected chi connectivity index (χ2v) is 2.81. The molecule has 0 radical (unpaired) electrons. The number of carboxylic acids is 1. The molecular formula is C8H19ClNO2+. The maximum absolute atomic E-state index is 10.0. The summed E-state index contributed by atoms with van der Waals surface area (Å²) in [6.45, 7) is 1.06. The van der Waals surface area contributed by atoms with Gasteiger partial charge in [-0.25, -0.2) is 0 Å². The molecule has 0 saturated carbocycles. The van der Waals surface area contributed by atoms with Gasteiger partial charge in [0.15, 0.2) is 0 Å². The van der Waals surface area contributed by atoms with Crippen molar-refractivity contribution in [2.75, 3.05) is 27.0 Å². The lowest BCUT2D eigenvalue weighted by molar-refractivity contribution is -0.858. The van der Waals surface area contributed by atoms with Crippen molar-refractivity contribution in [3.8, 4) is 0 Å². The van der Waals surface area contributed by atoms with E-state index in [2.05, 4.69) is 25.7 Å². The van der Waals surface area contributed by atoms with Crippen LogP contribution in [-0.4, -0.2) is 38.1 Å². The number of alkyl halides is 1. The summed E-state index contributed by atoms with van der Waals surface area (Å²) in [6, 6.07) is 0. The standard InChI is InChI=1S/C7H15NO2.CH3Cl/c1-8(2)6-4-3-5-7(9)10;1-2/h3-6H2,1-2H3,(H,9,10);1H3/p+1. The number of unbranched alkanes of at least 4 members (excludes halogenated alkanes) is 1. The van der Waals surface area contributed by atoms with Crippen molar-refractivity contribution in [3.63, 3.8) is 0 Å². The largest absolute Gasteiger partial charge is 0.481 e. The van der Waals surface area contributed by atoms with E-state index in [0.29, 0.717) is 6.42 Å². The quantitative estimate of drug-likeness (QED) is 0.489. The predicted octanol–water partition coefficient (Wildman–Crippen LogP) is 0.241. The lowest BCUT2D eigenvalue weighted by Crippen LogP contribution is -3.05. The van der Waals surface area contributed by atoms with Crippen LogP contribution in [0.25, 0.3) is 0 Å². The Kier molecular flexibility index (Phi) is 12.7. The maximum atomic E-state index is 10.0. The third-order valence-corrected chi connectivity index (χ3v) is 1.32. The molecule has 3 nitrogen and oxygen atoms in total. The third-order valence-electron chi connectivity index (χ3n) is 1.32. The molecule has 0 spiro atoms. The van der Waals surface area contributed by atoms with Crippen molar-refractivity contribution in [3.05, 3.63) is 0 Å². The van der Waals surface area contributed by atoms with Crippen molar-refractivity contribution < 1.29 is 14.8 Å². The van der Waals surface area contributed by atoms with Crippen LogP contribution in [0.15, 0.2) is 0 Å². The number of aliphatic carboxylic acids is 1. The van der Waals surface area contributed by atoms with Crippen LogP contribution in [0.3, 0.4) is 0 Å². The van der Waals surface area contributed by atoms with Gasteiger partial charge in [0.25, 0.3) is 0 Å². The highest BCUT2D eigenvalue weighted by Gasteiger charge is 1.97. The van der Waals surface area contributed by atoms with E-state index >= 15 is 0 Å². The van der Waals surface area contributed by atoms with Gasteiger partial charge in [0.1, 0.15) is 0 Å². The van der Waals surface area contributed by atoms with Gasteiger partial charge in [-0.1, -0.05) is 0 Å². The third kappa shape index (κ3) is 16.4. The molecule has 0 aromatic rings. The summed E-state index contributed by atoms with van der Waals surface area (Å²) in [4.78, 5) is 11.4. The Bertz CT molecular complexity index is 107.